The first-order valence-corrected chi connectivity index (χ1v) is 5.86. The molecule has 0 unspecified atom stereocenters. The van der Waals surface area contributed by atoms with Crippen molar-refractivity contribution in [1.82, 2.24) is 9.55 Å². The van der Waals surface area contributed by atoms with Crippen LogP contribution < -0.4 is 0 Å². The number of nitrogens with zero attached hydrogens (tertiary/aromatic N) is 2. The van der Waals surface area contributed by atoms with Gasteiger partial charge in [-0.15, -0.1) is 0 Å². The Hall–Kier alpha value is -1.31. The van der Waals surface area contributed by atoms with E-state index >= 15 is 0 Å². The van der Waals surface area contributed by atoms with Crippen LogP contribution >= 0.6 is 0 Å². The van der Waals surface area contributed by atoms with E-state index in [1.807, 2.05) is 6.20 Å². The van der Waals surface area contributed by atoms with E-state index in [4.69, 9.17) is 0 Å². The van der Waals surface area contributed by atoms with Crippen LogP contribution in [0.15, 0.2) is 24.5 Å². The minimum atomic E-state index is 0.168. The van der Waals surface area contributed by atoms with Gasteiger partial charge in [-0.05, 0) is 37.0 Å². The number of hydrogen-bond acceptors (Lipinski definition) is 1. The van der Waals surface area contributed by atoms with Crippen LogP contribution in [0.1, 0.15) is 46.2 Å². The van der Waals surface area contributed by atoms with Gasteiger partial charge >= 0.3 is 0 Å². The van der Waals surface area contributed by atoms with Crippen molar-refractivity contribution in [2.24, 2.45) is 0 Å². The summed E-state index contributed by atoms with van der Waals surface area (Å²) in [5.74, 6) is 0. The molecule has 0 aliphatic rings. The van der Waals surface area contributed by atoms with E-state index < -0.39 is 0 Å². The van der Waals surface area contributed by atoms with Gasteiger partial charge < -0.3 is 4.57 Å². The Morgan fingerprint density at radius 2 is 1.94 bits per heavy atom. The Morgan fingerprint density at radius 1 is 1.25 bits per heavy atom. The molecule has 0 saturated heterocycles. The summed E-state index contributed by atoms with van der Waals surface area (Å²) in [4.78, 5) is 4.59. The summed E-state index contributed by atoms with van der Waals surface area (Å²) in [6.07, 6.45) is 4.12. The second kappa shape index (κ2) is 3.62. The molecular formula is C14H20N2. The molecule has 0 N–H and O–H groups in total. The van der Waals surface area contributed by atoms with Crippen molar-refractivity contribution in [3.63, 3.8) is 0 Å². The molecule has 2 heterocycles. The van der Waals surface area contributed by atoms with Crippen molar-refractivity contribution in [2.45, 2.75) is 46.1 Å². The first-order valence-electron chi connectivity index (χ1n) is 5.86. The first kappa shape index (κ1) is 11.2. The quantitative estimate of drug-likeness (QED) is 0.706. The van der Waals surface area contributed by atoms with Gasteiger partial charge in [0.15, 0.2) is 0 Å². The first-order chi connectivity index (χ1) is 7.39. The van der Waals surface area contributed by atoms with E-state index in [9.17, 15) is 0 Å². The molecule has 0 amide bonds. The van der Waals surface area contributed by atoms with Crippen LogP contribution in [-0.4, -0.2) is 9.55 Å². The molecule has 2 nitrogen and oxygen atoms in total. The van der Waals surface area contributed by atoms with E-state index in [1.165, 1.54) is 10.9 Å². The molecule has 0 bridgehead atoms. The van der Waals surface area contributed by atoms with Crippen LogP contribution in [-0.2, 0) is 5.41 Å². The van der Waals surface area contributed by atoms with Crippen LogP contribution in [0.5, 0.6) is 0 Å². The van der Waals surface area contributed by atoms with E-state index in [0.29, 0.717) is 6.04 Å². The van der Waals surface area contributed by atoms with E-state index in [2.05, 4.69) is 62.5 Å². The third-order valence-corrected chi connectivity index (χ3v) is 2.98. The zero-order chi connectivity index (χ0) is 11.9. The van der Waals surface area contributed by atoms with Crippen LogP contribution in [0.3, 0.4) is 0 Å². The summed E-state index contributed by atoms with van der Waals surface area (Å²) in [5.41, 5.74) is 2.55. The maximum atomic E-state index is 4.59. The number of fused-ring (bicyclic) bond motifs is 1. The van der Waals surface area contributed by atoms with Crippen molar-refractivity contribution in [3.05, 3.63) is 30.1 Å². The SMILES string of the molecule is CC(C)n1ccc2cc(C(C)(C)C)cnc21. The summed E-state index contributed by atoms with van der Waals surface area (Å²) in [6, 6.07) is 4.86. The highest BCUT2D eigenvalue weighted by Gasteiger charge is 2.15. The molecule has 0 fully saturated rings. The fraction of sp³-hybridized carbons (Fsp3) is 0.500. The van der Waals surface area contributed by atoms with Gasteiger partial charge in [0.25, 0.3) is 0 Å². The molecule has 2 aromatic heterocycles. The van der Waals surface area contributed by atoms with Crippen molar-refractivity contribution in [1.29, 1.82) is 0 Å². The van der Waals surface area contributed by atoms with Crippen LogP contribution in [0, 0.1) is 0 Å². The lowest BCUT2D eigenvalue weighted by atomic mass is 9.88. The lowest BCUT2D eigenvalue weighted by molar-refractivity contribution is 0.587. The monoisotopic (exact) mass is 216 g/mol. The van der Waals surface area contributed by atoms with E-state index in [0.717, 1.165) is 5.65 Å². The topological polar surface area (TPSA) is 17.8 Å². The zero-order valence-electron chi connectivity index (χ0n) is 10.8. The molecule has 0 aliphatic carbocycles. The Kier molecular flexibility index (Phi) is 2.53. The number of hydrogen-bond donors (Lipinski definition) is 0. The standard InChI is InChI=1S/C14H20N2/c1-10(2)16-7-6-11-8-12(14(3,4)5)9-15-13(11)16/h6-10H,1-5H3. The average Bonchev–Trinajstić information content (AvgIpc) is 2.58. The Labute approximate surface area is 97.3 Å². The van der Waals surface area contributed by atoms with Crippen molar-refractivity contribution >= 4 is 11.0 Å². The normalized spacial score (nSPS) is 12.6. The predicted octanol–water partition coefficient (Wildman–Crippen LogP) is 3.91. The van der Waals surface area contributed by atoms with Gasteiger partial charge in [0.2, 0.25) is 0 Å². The van der Waals surface area contributed by atoms with Gasteiger partial charge in [-0.2, -0.15) is 0 Å². The minimum Gasteiger partial charge on any atom is -0.330 e. The molecule has 0 saturated carbocycles. The highest BCUT2D eigenvalue weighted by atomic mass is 15.0. The molecule has 86 valence electrons. The molecular weight excluding hydrogens is 196 g/mol. The average molecular weight is 216 g/mol. The Balaban J connectivity index is 2.58. The third kappa shape index (κ3) is 1.84. The van der Waals surface area contributed by atoms with Gasteiger partial charge in [0, 0.05) is 23.8 Å². The highest BCUT2D eigenvalue weighted by molar-refractivity contribution is 5.77. The number of pyridine rings is 1. The Morgan fingerprint density at radius 3 is 2.50 bits per heavy atom. The highest BCUT2D eigenvalue weighted by Crippen LogP contribution is 2.26. The number of aromatic nitrogens is 2. The molecule has 2 aromatic rings. The fourth-order valence-corrected chi connectivity index (χ4v) is 1.87. The lowest BCUT2D eigenvalue weighted by Crippen LogP contribution is -2.11. The van der Waals surface area contributed by atoms with Gasteiger partial charge in [-0.3, -0.25) is 0 Å². The summed E-state index contributed by atoms with van der Waals surface area (Å²) < 4.78 is 2.21. The maximum Gasteiger partial charge on any atom is 0.140 e. The van der Waals surface area contributed by atoms with Crippen molar-refractivity contribution in [2.75, 3.05) is 0 Å². The molecule has 0 spiro atoms. The summed E-state index contributed by atoms with van der Waals surface area (Å²) in [7, 11) is 0. The lowest BCUT2D eigenvalue weighted by Gasteiger charge is -2.18. The molecule has 0 aliphatic heterocycles. The largest absolute Gasteiger partial charge is 0.330 e. The van der Waals surface area contributed by atoms with Gasteiger partial charge in [-0.1, -0.05) is 20.8 Å². The fourth-order valence-electron chi connectivity index (χ4n) is 1.87. The summed E-state index contributed by atoms with van der Waals surface area (Å²) in [5, 5.41) is 1.24. The van der Waals surface area contributed by atoms with Crippen molar-refractivity contribution < 1.29 is 0 Å². The molecule has 16 heavy (non-hydrogen) atoms. The smallest absolute Gasteiger partial charge is 0.140 e. The molecule has 0 atom stereocenters. The van der Waals surface area contributed by atoms with Crippen LogP contribution in [0.25, 0.3) is 11.0 Å². The maximum absolute atomic E-state index is 4.59. The second-order valence-corrected chi connectivity index (χ2v) is 5.70. The summed E-state index contributed by atoms with van der Waals surface area (Å²) >= 11 is 0. The zero-order valence-corrected chi connectivity index (χ0v) is 10.8. The van der Waals surface area contributed by atoms with Gasteiger partial charge in [0.05, 0.1) is 0 Å². The molecule has 2 heteroatoms. The molecule has 0 aromatic carbocycles. The van der Waals surface area contributed by atoms with Crippen LogP contribution in [0.4, 0.5) is 0 Å². The molecule has 0 radical (unpaired) electrons. The van der Waals surface area contributed by atoms with E-state index in [-0.39, 0.29) is 5.41 Å². The van der Waals surface area contributed by atoms with Crippen molar-refractivity contribution in [3.8, 4) is 0 Å². The Bertz CT molecular complexity index is 501. The molecule has 2 rings (SSSR count). The van der Waals surface area contributed by atoms with Crippen LogP contribution in [0.2, 0.25) is 0 Å². The predicted molar refractivity (Wildman–Crippen MR) is 68.8 cm³/mol. The number of rotatable bonds is 1. The minimum absolute atomic E-state index is 0.168. The van der Waals surface area contributed by atoms with E-state index in [1.54, 1.807) is 0 Å². The third-order valence-electron chi connectivity index (χ3n) is 2.98. The van der Waals surface area contributed by atoms with Gasteiger partial charge in [-0.25, -0.2) is 4.98 Å². The summed E-state index contributed by atoms with van der Waals surface area (Å²) in [6.45, 7) is 11.0. The van der Waals surface area contributed by atoms with Gasteiger partial charge in [0.1, 0.15) is 5.65 Å². The second-order valence-electron chi connectivity index (χ2n) is 5.70.